The van der Waals surface area contributed by atoms with Crippen LogP contribution in [0.4, 0.5) is 0 Å². The third-order valence-electron chi connectivity index (χ3n) is 4.91. The summed E-state index contributed by atoms with van der Waals surface area (Å²) in [5.41, 5.74) is 2.65. The number of fused-ring (bicyclic) bond motifs is 1. The predicted molar refractivity (Wildman–Crippen MR) is 91.9 cm³/mol. The standard InChI is InChI=1S/C18H23N3OS/c1-20-17-9-10-21(13-16(17)19-18(20)14-7-8-14)11-12-23(22)15-5-3-2-4-6-15/h2-6,14H,7-13H2,1H3/t23-/m1/s1. The van der Waals surface area contributed by atoms with Gasteiger partial charge >= 0.3 is 0 Å². The molecule has 0 bridgehead atoms. The van der Waals surface area contributed by atoms with E-state index in [1.54, 1.807) is 0 Å². The second-order valence-corrected chi connectivity index (χ2v) is 8.16. The summed E-state index contributed by atoms with van der Waals surface area (Å²) in [6.07, 6.45) is 3.65. The van der Waals surface area contributed by atoms with E-state index >= 15 is 0 Å². The quantitative estimate of drug-likeness (QED) is 0.846. The van der Waals surface area contributed by atoms with E-state index in [0.29, 0.717) is 11.7 Å². The lowest BCUT2D eigenvalue weighted by atomic mass is 10.1. The van der Waals surface area contributed by atoms with Crippen molar-refractivity contribution in [3.8, 4) is 0 Å². The highest BCUT2D eigenvalue weighted by molar-refractivity contribution is 7.85. The van der Waals surface area contributed by atoms with E-state index in [9.17, 15) is 4.21 Å². The van der Waals surface area contributed by atoms with Crippen molar-refractivity contribution in [3.63, 3.8) is 0 Å². The molecule has 1 aromatic heterocycles. The fourth-order valence-corrected chi connectivity index (χ4v) is 4.52. The Kier molecular flexibility index (Phi) is 4.07. The predicted octanol–water partition coefficient (Wildman–Crippen LogP) is 2.46. The Hall–Kier alpha value is -1.46. The van der Waals surface area contributed by atoms with Crippen LogP contribution >= 0.6 is 0 Å². The van der Waals surface area contributed by atoms with Crippen LogP contribution in [0.25, 0.3) is 0 Å². The first-order chi connectivity index (χ1) is 11.2. The van der Waals surface area contributed by atoms with Crippen molar-refractivity contribution in [2.45, 2.75) is 36.6 Å². The molecule has 1 atom stereocenters. The number of hydrogen-bond donors (Lipinski definition) is 0. The lowest BCUT2D eigenvalue weighted by Gasteiger charge is -2.26. The molecule has 0 unspecified atom stereocenters. The van der Waals surface area contributed by atoms with Crippen LogP contribution in [-0.4, -0.2) is 37.5 Å². The van der Waals surface area contributed by atoms with Crippen molar-refractivity contribution in [2.24, 2.45) is 7.05 Å². The zero-order valence-corrected chi connectivity index (χ0v) is 14.4. The van der Waals surface area contributed by atoms with Gasteiger partial charge in [0.25, 0.3) is 0 Å². The van der Waals surface area contributed by atoms with E-state index in [2.05, 4.69) is 16.5 Å². The maximum Gasteiger partial charge on any atom is 0.112 e. The Morgan fingerprint density at radius 2 is 2.04 bits per heavy atom. The lowest BCUT2D eigenvalue weighted by Crippen LogP contribution is -2.34. The van der Waals surface area contributed by atoms with Gasteiger partial charge in [-0.3, -0.25) is 9.11 Å². The van der Waals surface area contributed by atoms with Crippen LogP contribution in [0.15, 0.2) is 35.2 Å². The van der Waals surface area contributed by atoms with Gasteiger partial charge < -0.3 is 4.57 Å². The van der Waals surface area contributed by atoms with Crippen molar-refractivity contribution in [3.05, 3.63) is 47.5 Å². The zero-order valence-electron chi connectivity index (χ0n) is 13.6. The SMILES string of the molecule is Cn1c(C2CC2)nc2c1CCN(CC[S@@](=O)c1ccccc1)C2. The Morgan fingerprint density at radius 3 is 2.78 bits per heavy atom. The van der Waals surface area contributed by atoms with E-state index < -0.39 is 10.8 Å². The summed E-state index contributed by atoms with van der Waals surface area (Å²) in [7, 11) is 1.26. The summed E-state index contributed by atoms with van der Waals surface area (Å²) in [6, 6.07) is 9.77. The minimum atomic E-state index is -0.907. The molecule has 0 N–H and O–H groups in total. The lowest BCUT2D eigenvalue weighted by molar-refractivity contribution is 0.263. The molecule has 1 aliphatic heterocycles. The van der Waals surface area contributed by atoms with Crippen molar-refractivity contribution < 1.29 is 4.21 Å². The molecule has 122 valence electrons. The molecular weight excluding hydrogens is 306 g/mol. The number of benzene rings is 1. The minimum Gasteiger partial charge on any atom is -0.335 e. The van der Waals surface area contributed by atoms with Crippen LogP contribution in [-0.2, 0) is 30.8 Å². The number of imidazole rings is 1. The van der Waals surface area contributed by atoms with Crippen molar-refractivity contribution in [1.29, 1.82) is 0 Å². The fraction of sp³-hybridized carbons (Fsp3) is 0.500. The van der Waals surface area contributed by atoms with Gasteiger partial charge in [-0.15, -0.1) is 0 Å². The summed E-state index contributed by atoms with van der Waals surface area (Å²) in [4.78, 5) is 8.22. The highest BCUT2D eigenvalue weighted by Gasteiger charge is 2.31. The zero-order chi connectivity index (χ0) is 15.8. The number of rotatable bonds is 5. The van der Waals surface area contributed by atoms with Gasteiger partial charge in [-0.05, 0) is 25.0 Å². The van der Waals surface area contributed by atoms with Crippen LogP contribution in [0.1, 0.15) is 36.0 Å². The van der Waals surface area contributed by atoms with E-state index in [1.165, 1.54) is 30.1 Å². The Bertz CT molecular complexity index is 721. The molecule has 0 amide bonds. The van der Waals surface area contributed by atoms with E-state index in [0.717, 1.165) is 31.0 Å². The van der Waals surface area contributed by atoms with Crippen LogP contribution in [0.3, 0.4) is 0 Å². The fourth-order valence-electron chi connectivity index (χ4n) is 3.40. The van der Waals surface area contributed by atoms with Gasteiger partial charge in [0.1, 0.15) is 5.82 Å². The van der Waals surface area contributed by atoms with Gasteiger partial charge in [-0.25, -0.2) is 4.98 Å². The summed E-state index contributed by atoms with van der Waals surface area (Å²) in [6.45, 7) is 2.82. The highest BCUT2D eigenvalue weighted by atomic mass is 32.2. The number of aromatic nitrogens is 2. The van der Waals surface area contributed by atoms with Gasteiger partial charge in [0.15, 0.2) is 0 Å². The summed E-state index contributed by atoms with van der Waals surface area (Å²) in [5, 5.41) is 0. The molecule has 0 spiro atoms. The molecule has 0 radical (unpaired) electrons. The topological polar surface area (TPSA) is 38.1 Å². The molecular formula is C18H23N3OS. The van der Waals surface area contributed by atoms with Crippen LogP contribution in [0.2, 0.25) is 0 Å². The second kappa shape index (κ2) is 6.21. The molecule has 1 aromatic carbocycles. The molecule has 1 fully saturated rings. The normalized spacial score (nSPS) is 19.5. The average molecular weight is 329 g/mol. The minimum absolute atomic E-state index is 0.696. The molecule has 2 heterocycles. The maximum absolute atomic E-state index is 12.4. The monoisotopic (exact) mass is 329 g/mol. The second-order valence-electron chi connectivity index (χ2n) is 6.59. The van der Waals surface area contributed by atoms with Gasteiger partial charge in [0.2, 0.25) is 0 Å². The first-order valence-corrected chi connectivity index (χ1v) is 9.74. The van der Waals surface area contributed by atoms with E-state index in [1.807, 2.05) is 30.3 Å². The summed E-state index contributed by atoms with van der Waals surface area (Å²) >= 11 is 0. The average Bonchev–Trinajstić information content (AvgIpc) is 3.38. The van der Waals surface area contributed by atoms with E-state index in [4.69, 9.17) is 4.98 Å². The number of hydrogen-bond acceptors (Lipinski definition) is 3. The Labute approximate surface area is 140 Å². The molecule has 23 heavy (non-hydrogen) atoms. The first-order valence-electron chi connectivity index (χ1n) is 8.42. The highest BCUT2D eigenvalue weighted by Crippen LogP contribution is 2.40. The number of nitrogens with zero attached hydrogens (tertiary/aromatic N) is 3. The Morgan fingerprint density at radius 1 is 1.26 bits per heavy atom. The molecule has 1 saturated carbocycles. The van der Waals surface area contributed by atoms with E-state index in [-0.39, 0.29) is 0 Å². The Balaban J connectivity index is 1.39. The molecule has 2 aromatic rings. The molecule has 0 saturated heterocycles. The summed E-state index contributed by atoms with van der Waals surface area (Å²) in [5.74, 6) is 2.68. The first kappa shape index (κ1) is 15.1. The summed E-state index contributed by atoms with van der Waals surface area (Å²) < 4.78 is 14.7. The van der Waals surface area contributed by atoms with Crippen LogP contribution in [0.5, 0.6) is 0 Å². The van der Waals surface area contributed by atoms with Gasteiger partial charge in [0.05, 0.1) is 16.5 Å². The molecule has 4 rings (SSSR count). The largest absolute Gasteiger partial charge is 0.335 e. The van der Waals surface area contributed by atoms with Gasteiger partial charge in [0, 0.05) is 55.4 Å². The van der Waals surface area contributed by atoms with Crippen molar-refractivity contribution in [1.82, 2.24) is 14.5 Å². The van der Waals surface area contributed by atoms with Crippen molar-refractivity contribution in [2.75, 3.05) is 18.8 Å². The molecule has 4 nitrogen and oxygen atoms in total. The van der Waals surface area contributed by atoms with Crippen LogP contribution in [0, 0.1) is 0 Å². The molecule has 1 aliphatic carbocycles. The third kappa shape index (κ3) is 3.12. The molecule has 5 heteroatoms. The maximum atomic E-state index is 12.4. The van der Waals surface area contributed by atoms with Gasteiger partial charge in [-0.2, -0.15) is 0 Å². The van der Waals surface area contributed by atoms with Crippen molar-refractivity contribution >= 4 is 10.8 Å². The smallest absolute Gasteiger partial charge is 0.112 e. The third-order valence-corrected chi connectivity index (χ3v) is 6.26. The molecule has 2 aliphatic rings. The van der Waals surface area contributed by atoms with Crippen LogP contribution < -0.4 is 0 Å². The van der Waals surface area contributed by atoms with Gasteiger partial charge in [-0.1, -0.05) is 18.2 Å².